The molecule has 0 radical (unpaired) electrons. The third-order valence-electron chi connectivity index (χ3n) is 3.06. The molecular formula is C18H16F3NO3. The quantitative estimate of drug-likeness (QED) is 0.790. The first-order chi connectivity index (χ1) is 11.9. The number of rotatable bonds is 6. The van der Waals surface area contributed by atoms with Gasteiger partial charge in [0.15, 0.2) is 6.61 Å². The second-order valence-corrected chi connectivity index (χ2v) is 5.00. The second-order valence-electron chi connectivity index (χ2n) is 5.00. The average Bonchev–Trinajstić information content (AvgIpc) is 2.59. The van der Waals surface area contributed by atoms with Crippen LogP contribution in [0, 0.1) is 0 Å². The molecule has 132 valence electrons. The van der Waals surface area contributed by atoms with Crippen molar-refractivity contribution in [2.75, 3.05) is 19.0 Å². The number of para-hydroxylation sites is 2. The first-order valence-electron chi connectivity index (χ1n) is 7.29. The molecule has 0 aliphatic heterocycles. The van der Waals surface area contributed by atoms with Gasteiger partial charge in [0.05, 0.1) is 12.8 Å². The summed E-state index contributed by atoms with van der Waals surface area (Å²) in [5.41, 5.74) is 0.906. The molecule has 7 heteroatoms. The van der Waals surface area contributed by atoms with E-state index in [2.05, 4.69) is 5.32 Å². The third kappa shape index (κ3) is 6.21. The number of ether oxygens (including phenoxy) is 2. The number of alkyl halides is 3. The molecule has 2 aromatic carbocycles. The van der Waals surface area contributed by atoms with E-state index in [9.17, 15) is 18.0 Å². The standard InChI is InChI=1S/C18H16F3NO3/c1-24-14-6-4-5-13(11-14)9-10-17(23)22-15-7-2-3-8-16(15)25-12-18(19,20)21/h2-11H,12H2,1H3,(H,22,23)/b10-9+. The minimum absolute atomic E-state index is 0.0528. The largest absolute Gasteiger partial charge is 0.497 e. The van der Waals surface area contributed by atoms with Crippen LogP contribution in [0.1, 0.15) is 5.56 Å². The van der Waals surface area contributed by atoms with Gasteiger partial charge in [-0.15, -0.1) is 0 Å². The molecule has 2 rings (SSSR count). The molecule has 0 unspecified atom stereocenters. The fourth-order valence-corrected chi connectivity index (χ4v) is 1.95. The van der Waals surface area contributed by atoms with E-state index >= 15 is 0 Å². The van der Waals surface area contributed by atoms with Gasteiger partial charge in [-0.05, 0) is 35.9 Å². The van der Waals surface area contributed by atoms with Crippen LogP contribution in [0.25, 0.3) is 6.08 Å². The number of hydrogen-bond donors (Lipinski definition) is 1. The summed E-state index contributed by atoms with van der Waals surface area (Å²) in [6.07, 6.45) is -1.62. The van der Waals surface area contributed by atoms with Gasteiger partial charge >= 0.3 is 6.18 Å². The van der Waals surface area contributed by atoms with Gasteiger partial charge in [0, 0.05) is 6.08 Å². The van der Waals surface area contributed by atoms with Crippen molar-refractivity contribution in [2.45, 2.75) is 6.18 Å². The lowest BCUT2D eigenvalue weighted by Crippen LogP contribution is -2.20. The Bertz CT molecular complexity index is 757. The van der Waals surface area contributed by atoms with Crippen LogP contribution < -0.4 is 14.8 Å². The number of amides is 1. The zero-order valence-corrected chi connectivity index (χ0v) is 13.3. The van der Waals surface area contributed by atoms with Crippen molar-refractivity contribution in [3.8, 4) is 11.5 Å². The number of anilines is 1. The molecule has 1 amide bonds. The molecule has 2 aromatic rings. The van der Waals surface area contributed by atoms with Crippen molar-refractivity contribution in [1.29, 1.82) is 0 Å². The number of nitrogens with one attached hydrogen (secondary N) is 1. The normalized spacial score (nSPS) is 11.4. The van der Waals surface area contributed by atoms with Crippen molar-refractivity contribution in [3.63, 3.8) is 0 Å². The smallest absolute Gasteiger partial charge is 0.422 e. The molecule has 0 aromatic heterocycles. The van der Waals surface area contributed by atoms with Crippen LogP contribution in [0.3, 0.4) is 0 Å². The van der Waals surface area contributed by atoms with Crippen molar-refractivity contribution in [1.82, 2.24) is 0 Å². The minimum Gasteiger partial charge on any atom is -0.497 e. The highest BCUT2D eigenvalue weighted by Gasteiger charge is 2.28. The topological polar surface area (TPSA) is 47.6 Å². The maximum absolute atomic E-state index is 12.3. The Balaban J connectivity index is 2.03. The van der Waals surface area contributed by atoms with Crippen LogP contribution in [-0.4, -0.2) is 25.8 Å². The van der Waals surface area contributed by atoms with Gasteiger partial charge in [-0.25, -0.2) is 0 Å². The Kier molecular flexibility index (Phi) is 6.05. The summed E-state index contributed by atoms with van der Waals surface area (Å²) >= 11 is 0. The van der Waals surface area contributed by atoms with Crippen molar-refractivity contribution >= 4 is 17.7 Å². The van der Waals surface area contributed by atoms with Crippen LogP contribution >= 0.6 is 0 Å². The first-order valence-corrected chi connectivity index (χ1v) is 7.29. The Morgan fingerprint density at radius 3 is 2.64 bits per heavy atom. The summed E-state index contributed by atoms with van der Waals surface area (Å²) in [6.45, 7) is -1.43. The minimum atomic E-state index is -4.45. The maximum atomic E-state index is 12.3. The molecule has 0 bridgehead atoms. The zero-order valence-electron chi connectivity index (χ0n) is 13.3. The van der Waals surface area contributed by atoms with Gasteiger partial charge in [-0.2, -0.15) is 13.2 Å². The molecule has 0 spiro atoms. The number of halogens is 3. The van der Waals surface area contributed by atoms with E-state index in [-0.39, 0.29) is 11.4 Å². The van der Waals surface area contributed by atoms with Crippen molar-refractivity contribution in [3.05, 3.63) is 60.2 Å². The summed E-state index contributed by atoms with van der Waals surface area (Å²) in [5, 5.41) is 2.50. The predicted octanol–water partition coefficient (Wildman–Crippen LogP) is 4.29. The number of carbonyl (C=O) groups is 1. The van der Waals surface area contributed by atoms with E-state index in [4.69, 9.17) is 9.47 Å². The van der Waals surface area contributed by atoms with Gasteiger partial charge in [-0.1, -0.05) is 24.3 Å². The van der Waals surface area contributed by atoms with E-state index < -0.39 is 18.7 Å². The number of hydrogen-bond acceptors (Lipinski definition) is 3. The van der Waals surface area contributed by atoms with Crippen LogP contribution in [0.2, 0.25) is 0 Å². The molecule has 0 aliphatic carbocycles. The van der Waals surface area contributed by atoms with Crippen LogP contribution in [0.15, 0.2) is 54.6 Å². The molecule has 0 saturated heterocycles. The molecule has 1 N–H and O–H groups in total. The zero-order chi connectivity index (χ0) is 18.3. The fourth-order valence-electron chi connectivity index (χ4n) is 1.95. The van der Waals surface area contributed by atoms with Gasteiger partial charge in [0.2, 0.25) is 5.91 Å². The summed E-state index contributed by atoms with van der Waals surface area (Å²) in [6, 6.07) is 13.0. The lowest BCUT2D eigenvalue weighted by atomic mass is 10.2. The van der Waals surface area contributed by atoms with E-state index in [1.165, 1.54) is 31.4 Å². The molecule has 25 heavy (non-hydrogen) atoms. The second kappa shape index (κ2) is 8.23. The van der Waals surface area contributed by atoms with E-state index in [1.54, 1.807) is 36.4 Å². The molecule has 0 fully saturated rings. The van der Waals surface area contributed by atoms with Gasteiger partial charge in [-0.3, -0.25) is 4.79 Å². The van der Waals surface area contributed by atoms with E-state index in [0.717, 1.165) is 5.56 Å². The van der Waals surface area contributed by atoms with E-state index in [0.29, 0.717) is 5.75 Å². The first kappa shape index (κ1) is 18.4. The van der Waals surface area contributed by atoms with Gasteiger partial charge < -0.3 is 14.8 Å². The molecule has 0 saturated carbocycles. The number of carbonyl (C=O) groups excluding carboxylic acids is 1. The van der Waals surface area contributed by atoms with Gasteiger partial charge in [0.25, 0.3) is 0 Å². The predicted molar refractivity (Wildman–Crippen MR) is 88.6 cm³/mol. The number of benzene rings is 2. The highest BCUT2D eigenvalue weighted by Crippen LogP contribution is 2.26. The molecule has 0 atom stereocenters. The molecular weight excluding hydrogens is 335 g/mol. The highest BCUT2D eigenvalue weighted by molar-refractivity contribution is 6.02. The fraction of sp³-hybridized carbons (Fsp3) is 0.167. The van der Waals surface area contributed by atoms with Crippen molar-refractivity contribution in [2.24, 2.45) is 0 Å². The average molecular weight is 351 g/mol. The Morgan fingerprint density at radius 2 is 1.92 bits per heavy atom. The van der Waals surface area contributed by atoms with Crippen LogP contribution in [0.5, 0.6) is 11.5 Å². The lowest BCUT2D eigenvalue weighted by Gasteiger charge is -2.13. The van der Waals surface area contributed by atoms with Crippen molar-refractivity contribution < 1.29 is 27.4 Å². The highest BCUT2D eigenvalue weighted by atomic mass is 19.4. The summed E-state index contributed by atoms with van der Waals surface area (Å²) in [4.78, 5) is 12.0. The molecule has 4 nitrogen and oxygen atoms in total. The Morgan fingerprint density at radius 1 is 1.16 bits per heavy atom. The third-order valence-corrected chi connectivity index (χ3v) is 3.06. The van der Waals surface area contributed by atoms with E-state index in [1.807, 2.05) is 0 Å². The summed E-state index contributed by atoms with van der Waals surface area (Å²) in [7, 11) is 1.54. The monoisotopic (exact) mass is 351 g/mol. The maximum Gasteiger partial charge on any atom is 0.422 e. The van der Waals surface area contributed by atoms with Gasteiger partial charge in [0.1, 0.15) is 11.5 Å². The Hall–Kier alpha value is -2.96. The van der Waals surface area contributed by atoms with Crippen LogP contribution in [0.4, 0.5) is 18.9 Å². The SMILES string of the molecule is COc1cccc(/C=C/C(=O)Nc2ccccc2OCC(F)(F)F)c1. The molecule has 0 aliphatic rings. The summed E-state index contributed by atoms with van der Waals surface area (Å²) < 4.78 is 46.6. The summed E-state index contributed by atoms with van der Waals surface area (Å²) in [5.74, 6) is 0.0993. The Labute approximate surface area is 142 Å². The number of methoxy groups -OCH3 is 1. The molecule has 0 heterocycles. The lowest BCUT2D eigenvalue weighted by molar-refractivity contribution is -0.153. The van der Waals surface area contributed by atoms with Crippen LogP contribution in [-0.2, 0) is 4.79 Å².